The zero-order chi connectivity index (χ0) is 18.4. The summed E-state index contributed by atoms with van der Waals surface area (Å²) in [4.78, 5) is 0. The van der Waals surface area contributed by atoms with E-state index in [1.54, 1.807) is 0 Å². The van der Waals surface area contributed by atoms with Crippen molar-refractivity contribution >= 4 is 0 Å². The van der Waals surface area contributed by atoms with E-state index in [1.807, 2.05) is 0 Å². The Morgan fingerprint density at radius 3 is 1.36 bits per heavy atom. The van der Waals surface area contributed by atoms with Crippen molar-refractivity contribution in [1.29, 1.82) is 0 Å². The summed E-state index contributed by atoms with van der Waals surface area (Å²) in [5, 5.41) is 0. The molecule has 0 N–H and O–H groups in total. The smallest absolute Gasteiger partial charge is 0.00886 e. The van der Waals surface area contributed by atoms with Crippen LogP contribution in [0.1, 0.15) is 143 Å². The van der Waals surface area contributed by atoms with E-state index in [4.69, 9.17) is 0 Å². The van der Waals surface area contributed by atoms with Crippen molar-refractivity contribution in [3.63, 3.8) is 0 Å². The second kappa shape index (κ2) is 21.6. The molecule has 148 valence electrons. The normalized spacial score (nSPS) is 12.0. The predicted molar refractivity (Wildman–Crippen MR) is 116 cm³/mol. The first-order valence-corrected chi connectivity index (χ1v) is 11.8. The number of hydrogen-bond acceptors (Lipinski definition) is 0. The van der Waals surface area contributed by atoms with Crippen molar-refractivity contribution in [3.05, 3.63) is 0 Å². The van der Waals surface area contributed by atoms with Gasteiger partial charge in [0.15, 0.2) is 0 Å². The van der Waals surface area contributed by atoms with E-state index in [2.05, 4.69) is 32.6 Å². The van der Waals surface area contributed by atoms with Gasteiger partial charge in [-0.25, -0.2) is 0 Å². The van der Waals surface area contributed by atoms with E-state index < -0.39 is 0 Å². The average Bonchev–Trinajstić information content (AvgIpc) is 2.61. The Balaban J connectivity index is 3.14. The van der Waals surface area contributed by atoms with Gasteiger partial charge in [0.1, 0.15) is 0 Å². The molecule has 0 saturated heterocycles. The molecule has 0 bridgehead atoms. The molecular weight excluding hydrogens is 300 g/mol. The lowest BCUT2D eigenvalue weighted by atomic mass is 9.96. The largest absolute Gasteiger partial charge is 0.103 e. The fourth-order valence-electron chi connectivity index (χ4n) is 3.47. The molecule has 0 aliphatic heterocycles. The lowest BCUT2D eigenvalue weighted by Crippen LogP contribution is -1.94. The van der Waals surface area contributed by atoms with Gasteiger partial charge in [0, 0.05) is 12.8 Å². The van der Waals surface area contributed by atoms with Crippen LogP contribution >= 0.6 is 0 Å². The topological polar surface area (TPSA) is 0 Å². The molecule has 1 unspecified atom stereocenters. The Kier molecular flexibility index (Phi) is 21.2. The van der Waals surface area contributed by atoms with E-state index in [0.29, 0.717) is 0 Å². The summed E-state index contributed by atoms with van der Waals surface area (Å²) >= 11 is 0. The molecule has 0 spiro atoms. The van der Waals surface area contributed by atoms with Gasteiger partial charge in [-0.05, 0) is 18.8 Å². The molecule has 0 fully saturated rings. The van der Waals surface area contributed by atoms with Gasteiger partial charge in [-0.2, -0.15) is 0 Å². The number of rotatable bonds is 18. The fourth-order valence-corrected chi connectivity index (χ4v) is 3.47. The summed E-state index contributed by atoms with van der Waals surface area (Å²) in [5.74, 6) is 7.63. The van der Waals surface area contributed by atoms with Crippen molar-refractivity contribution in [2.24, 2.45) is 5.92 Å². The van der Waals surface area contributed by atoms with Gasteiger partial charge in [-0.3, -0.25) is 0 Å². The third kappa shape index (κ3) is 21.5. The first-order chi connectivity index (χ1) is 12.3. The standard InChI is InChI=1S/C25H48/c1-4-6-8-9-10-11-12-13-14-15-16-17-18-19-20-22-24-25(3)23-21-7-5-2/h25H,4-9,12-24H2,1-3H3. The van der Waals surface area contributed by atoms with Crippen LogP contribution in [0.15, 0.2) is 0 Å². The minimum absolute atomic E-state index is 0.960. The van der Waals surface area contributed by atoms with Crippen LogP contribution in [0.4, 0.5) is 0 Å². The van der Waals surface area contributed by atoms with Crippen molar-refractivity contribution in [2.45, 2.75) is 143 Å². The van der Waals surface area contributed by atoms with Crippen molar-refractivity contribution in [3.8, 4) is 11.8 Å². The third-order valence-corrected chi connectivity index (χ3v) is 5.33. The van der Waals surface area contributed by atoms with Gasteiger partial charge >= 0.3 is 0 Å². The monoisotopic (exact) mass is 348 g/mol. The summed E-state index contributed by atoms with van der Waals surface area (Å²) in [6.45, 7) is 7.00. The highest BCUT2D eigenvalue weighted by Gasteiger charge is 2.01. The summed E-state index contributed by atoms with van der Waals surface area (Å²) in [7, 11) is 0. The summed E-state index contributed by atoms with van der Waals surface area (Å²) in [6, 6.07) is 0. The average molecular weight is 349 g/mol. The fraction of sp³-hybridized carbons (Fsp3) is 0.920. The Morgan fingerprint density at radius 1 is 0.480 bits per heavy atom. The Labute approximate surface area is 160 Å². The van der Waals surface area contributed by atoms with Crippen LogP contribution in [0.5, 0.6) is 0 Å². The Bertz CT molecular complexity index is 293. The highest BCUT2D eigenvalue weighted by atomic mass is 14.1. The molecule has 0 aromatic carbocycles. The second-order valence-corrected chi connectivity index (χ2v) is 8.13. The molecule has 0 aromatic heterocycles. The van der Waals surface area contributed by atoms with Crippen molar-refractivity contribution < 1.29 is 0 Å². The van der Waals surface area contributed by atoms with Gasteiger partial charge in [0.05, 0.1) is 0 Å². The number of unbranched alkanes of at least 4 members (excludes halogenated alkanes) is 14. The molecule has 0 aliphatic rings. The van der Waals surface area contributed by atoms with E-state index >= 15 is 0 Å². The van der Waals surface area contributed by atoms with Crippen molar-refractivity contribution in [2.75, 3.05) is 0 Å². The first-order valence-electron chi connectivity index (χ1n) is 11.8. The Hall–Kier alpha value is -0.440. The molecule has 0 amide bonds. The van der Waals surface area contributed by atoms with Gasteiger partial charge < -0.3 is 0 Å². The molecule has 0 radical (unpaired) electrons. The SMILES string of the molecule is CCCCCC#CCCCCCCCCCCCC(C)CCCCC. The lowest BCUT2D eigenvalue weighted by molar-refractivity contribution is 0.435. The van der Waals surface area contributed by atoms with Gasteiger partial charge in [0.2, 0.25) is 0 Å². The second-order valence-electron chi connectivity index (χ2n) is 8.13. The zero-order valence-electron chi connectivity index (χ0n) is 18.0. The minimum Gasteiger partial charge on any atom is -0.103 e. The zero-order valence-corrected chi connectivity index (χ0v) is 18.0. The summed E-state index contributed by atoms with van der Waals surface area (Å²) < 4.78 is 0. The van der Waals surface area contributed by atoms with Gasteiger partial charge in [-0.1, -0.05) is 117 Å². The molecule has 0 rings (SSSR count). The quantitative estimate of drug-likeness (QED) is 0.171. The molecule has 0 saturated carbocycles. The van der Waals surface area contributed by atoms with E-state index in [1.165, 1.54) is 109 Å². The van der Waals surface area contributed by atoms with Crippen LogP contribution < -0.4 is 0 Å². The summed E-state index contributed by atoms with van der Waals surface area (Å²) in [6.07, 6.45) is 26.2. The minimum atomic E-state index is 0.960. The lowest BCUT2D eigenvalue weighted by Gasteiger charge is -2.10. The van der Waals surface area contributed by atoms with Gasteiger partial charge in [0.25, 0.3) is 0 Å². The molecule has 1 atom stereocenters. The predicted octanol–water partition coefficient (Wildman–Crippen LogP) is 9.08. The van der Waals surface area contributed by atoms with Crippen LogP contribution in [0.3, 0.4) is 0 Å². The number of hydrogen-bond donors (Lipinski definition) is 0. The maximum Gasteiger partial charge on any atom is 0.00886 e. The highest BCUT2D eigenvalue weighted by Crippen LogP contribution is 2.18. The summed E-state index contributed by atoms with van der Waals surface area (Å²) in [5.41, 5.74) is 0. The maximum atomic E-state index is 3.34. The molecule has 0 heteroatoms. The Morgan fingerprint density at radius 2 is 0.840 bits per heavy atom. The van der Waals surface area contributed by atoms with Gasteiger partial charge in [-0.15, -0.1) is 11.8 Å². The van der Waals surface area contributed by atoms with Crippen molar-refractivity contribution in [1.82, 2.24) is 0 Å². The molecule has 0 nitrogen and oxygen atoms in total. The molecule has 0 aromatic rings. The van der Waals surface area contributed by atoms with E-state index in [0.717, 1.165) is 18.8 Å². The molecule has 25 heavy (non-hydrogen) atoms. The van der Waals surface area contributed by atoms with Crippen LogP contribution in [0, 0.1) is 17.8 Å². The maximum absolute atomic E-state index is 3.34. The van der Waals surface area contributed by atoms with Crippen LogP contribution in [0.2, 0.25) is 0 Å². The molecule has 0 aliphatic carbocycles. The highest BCUT2D eigenvalue weighted by molar-refractivity contribution is 4.98. The van der Waals surface area contributed by atoms with E-state index in [-0.39, 0.29) is 0 Å². The van der Waals surface area contributed by atoms with Crippen LogP contribution in [0.25, 0.3) is 0 Å². The molecular formula is C25H48. The van der Waals surface area contributed by atoms with Crippen LogP contribution in [-0.2, 0) is 0 Å². The van der Waals surface area contributed by atoms with E-state index in [9.17, 15) is 0 Å². The molecule has 0 heterocycles. The third-order valence-electron chi connectivity index (χ3n) is 5.33. The van der Waals surface area contributed by atoms with Crippen LogP contribution in [-0.4, -0.2) is 0 Å². The first kappa shape index (κ1) is 24.6.